The zero-order valence-electron chi connectivity index (χ0n) is 15.3. The van der Waals surface area contributed by atoms with Gasteiger partial charge in [-0.2, -0.15) is 0 Å². The number of halogens is 2. The van der Waals surface area contributed by atoms with Gasteiger partial charge < -0.3 is 19.5 Å². The van der Waals surface area contributed by atoms with Crippen LogP contribution in [0.1, 0.15) is 25.3 Å². The van der Waals surface area contributed by atoms with Crippen LogP contribution in [0.4, 0.5) is 5.69 Å². The summed E-state index contributed by atoms with van der Waals surface area (Å²) in [6, 6.07) is 9.28. The summed E-state index contributed by atoms with van der Waals surface area (Å²) in [4.78, 5) is 22.9. The highest BCUT2D eigenvalue weighted by Crippen LogP contribution is 2.39. The van der Waals surface area contributed by atoms with Crippen LogP contribution in [0.2, 0.25) is 0 Å². The van der Waals surface area contributed by atoms with E-state index in [0.717, 1.165) is 19.8 Å². The Morgan fingerprint density at radius 3 is 2.15 bits per heavy atom. The molecule has 8 heteroatoms. The molecule has 0 radical (unpaired) electrons. The molecule has 0 atom stereocenters. The molecule has 0 fully saturated rings. The molecule has 2 aromatic carbocycles. The molecule has 0 aliphatic carbocycles. The van der Waals surface area contributed by atoms with Gasteiger partial charge in [0, 0.05) is 5.69 Å². The normalized spacial score (nSPS) is 10.5. The number of esters is 1. The number of carbonyl (C=O) groups excluding carboxylic acids is 2. The van der Waals surface area contributed by atoms with E-state index in [1.807, 2.05) is 18.2 Å². The third-order valence-electron chi connectivity index (χ3n) is 3.69. The number of hydrogen-bond acceptors (Lipinski definition) is 5. The fourth-order valence-corrected chi connectivity index (χ4v) is 4.23. The van der Waals surface area contributed by atoms with Gasteiger partial charge in [-0.25, -0.2) is 4.79 Å². The van der Waals surface area contributed by atoms with Crippen molar-refractivity contribution >= 4 is 62.7 Å². The third-order valence-corrected chi connectivity index (χ3v) is 5.30. The first-order chi connectivity index (χ1) is 12.8. The van der Waals surface area contributed by atoms with Crippen LogP contribution in [0.25, 0.3) is 0 Å². The molecule has 144 valence electrons. The fourth-order valence-electron chi connectivity index (χ4n) is 2.24. The smallest absolute Gasteiger partial charge is 0.396 e. The summed E-state index contributed by atoms with van der Waals surface area (Å²) >= 11 is 4.23. The molecule has 1 N–H and O–H groups in total. The Bertz CT molecular complexity index is 844. The molecule has 0 saturated heterocycles. The van der Waals surface area contributed by atoms with E-state index in [-0.39, 0.29) is 0 Å². The summed E-state index contributed by atoms with van der Waals surface area (Å²) in [6.07, 6.45) is 0. The van der Waals surface area contributed by atoms with E-state index < -0.39 is 11.9 Å². The van der Waals surface area contributed by atoms with Crippen molar-refractivity contribution in [3.05, 3.63) is 43.0 Å². The van der Waals surface area contributed by atoms with Crippen LogP contribution in [0.15, 0.2) is 30.3 Å². The number of methoxy groups -OCH3 is 2. The number of rotatable bonds is 5. The summed E-state index contributed by atoms with van der Waals surface area (Å²) in [5, 5.41) is 2.50. The highest BCUT2D eigenvalue weighted by Gasteiger charge is 2.17. The maximum absolute atomic E-state index is 11.7. The van der Waals surface area contributed by atoms with Crippen LogP contribution in [0.5, 0.6) is 17.2 Å². The van der Waals surface area contributed by atoms with Gasteiger partial charge in [-0.3, -0.25) is 4.79 Å². The van der Waals surface area contributed by atoms with Crippen LogP contribution >= 0.6 is 45.2 Å². The molecule has 0 aromatic heterocycles. The van der Waals surface area contributed by atoms with Crippen LogP contribution in [0.3, 0.4) is 0 Å². The third kappa shape index (κ3) is 5.47. The lowest BCUT2D eigenvalue weighted by atomic mass is 10.0. The van der Waals surface area contributed by atoms with Crippen LogP contribution < -0.4 is 14.8 Å². The summed E-state index contributed by atoms with van der Waals surface area (Å²) in [5.74, 6) is 0.493. The summed E-state index contributed by atoms with van der Waals surface area (Å²) in [6.45, 7) is 4.23. The topological polar surface area (TPSA) is 73.9 Å². The van der Waals surface area contributed by atoms with E-state index in [2.05, 4.69) is 69.1 Å². The Morgan fingerprint density at radius 1 is 1.00 bits per heavy atom. The molecule has 27 heavy (non-hydrogen) atoms. The van der Waals surface area contributed by atoms with E-state index in [4.69, 9.17) is 9.47 Å². The Kier molecular flexibility index (Phi) is 7.71. The predicted molar refractivity (Wildman–Crippen MR) is 120 cm³/mol. The minimum atomic E-state index is -0.949. The van der Waals surface area contributed by atoms with Crippen LogP contribution in [-0.2, 0) is 14.3 Å². The predicted octanol–water partition coefficient (Wildman–Crippen LogP) is 4.93. The molecule has 0 unspecified atom stereocenters. The van der Waals surface area contributed by atoms with E-state index in [1.165, 1.54) is 0 Å². The second kappa shape index (κ2) is 9.58. The monoisotopic (exact) mass is 595 g/mol. The maximum Gasteiger partial charge on any atom is 0.396 e. The molecule has 0 aliphatic heterocycles. The molecule has 0 heterocycles. The average Bonchev–Trinajstić information content (AvgIpc) is 2.63. The summed E-state index contributed by atoms with van der Waals surface area (Å²) in [7, 11) is 2.76. The first-order valence-electron chi connectivity index (χ1n) is 8.01. The Hall–Kier alpha value is -1.56. The van der Waals surface area contributed by atoms with Gasteiger partial charge in [0.2, 0.25) is 0 Å². The highest BCUT2D eigenvalue weighted by molar-refractivity contribution is 14.1. The number of hydrogen-bond donors (Lipinski definition) is 1. The van der Waals surface area contributed by atoms with Gasteiger partial charge in [-0.05, 0) is 80.9 Å². The Labute approximate surface area is 185 Å². The average molecular weight is 595 g/mol. The highest BCUT2D eigenvalue weighted by atomic mass is 127. The van der Waals surface area contributed by atoms with Crippen molar-refractivity contribution in [3.8, 4) is 17.2 Å². The molecular formula is C19H19I2NO5. The van der Waals surface area contributed by atoms with Gasteiger partial charge in [0.1, 0.15) is 0 Å². The van der Waals surface area contributed by atoms with Gasteiger partial charge in [0.25, 0.3) is 0 Å². The van der Waals surface area contributed by atoms with Gasteiger partial charge >= 0.3 is 11.9 Å². The quantitative estimate of drug-likeness (QED) is 0.302. The lowest BCUT2D eigenvalue weighted by molar-refractivity contribution is -0.150. The Balaban J connectivity index is 2.30. The fraction of sp³-hybridized carbons (Fsp3) is 0.263. The van der Waals surface area contributed by atoms with Crippen molar-refractivity contribution < 1.29 is 23.8 Å². The summed E-state index contributed by atoms with van der Waals surface area (Å²) < 4.78 is 17.5. The molecule has 0 saturated carbocycles. The zero-order valence-corrected chi connectivity index (χ0v) is 19.6. The minimum absolute atomic E-state index is 0.380. The minimum Gasteiger partial charge on any atom is -0.493 e. The molecule has 2 rings (SSSR count). The molecule has 2 aromatic rings. The van der Waals surface area contributed by atoms with Crippen molar-refractivity contribution in [1.82, 2.24) is 0 Å². The number of anilines is 1. The Morgan fingerprint density at radius 2 is 1.63 bits per heavy atom. The van der Waals surface area contributed by atoms with E-state index in [0.29, 0.717) is 28.9 Å². The van der Waals surface area contributed by atoms with Crippen LogP contribution in [0, 0.1) is 7.14 Å². The zero-order chi connectivity index (χ0) is 20.1. The van der Waals surface area contributed by atoms with Crippen molar-refractivity contribution in [2.75, 3.05) is 19.5 Å². The lowest BCUT2D eigenvalue weighted by Gasteiger charge is -2.16. The second-order valence-electron chi connectivity index (χ2n) is 5.88. The van der Waals surface area contributed by atoms with Crippen molar-refractivity contribution in [3.63, 3.8) is 0 Å². The maximum atomic E-state index is 11.7. The van der Waals surface area contributed by atoms with Gasteiger partial charge in [0.05, 0.1) is 21.4 Å². The standard InChI is InChI=1S/C19H19I2NO5/c1-10(2)11-5-6-15(16(7-11)25-3)27-17-13(20)8-12(9-14(17)21)22-18(23)19(24)26-4/h5-10H,1-4H3,(H,22,23). The van der Waals surface area contributed by atoms with Gasteiger partial charge in [-0.15, -0.1) is 0 Å². The molecule has 0 bridgehead atoms. The largest absolute Gasteiger partial charge is 0.493 e. The van der Waals surface area contributed by atoms with Crippen molar-refractivity contribution in [1.29, 1.82) is 0 Å². The summed E-state index contributed by atoms with van der Waals surface area (Å²) in [5.41, 5.74) is 1.64. The molecule has 1 amide bonds. The van der Waals surface area contributed by atoms with E-state index >= 15 is 0 Å². The van der Waals surface area contributed by atoms with E-state index in [1.54, 1.807) is 19.2 Å². The molecule has 6 nitrogen and oxygen atoms in total. The van der Waals surface area contributed by atoms with E-state index in [9.17, 15) is 9.59 Å². The number of nitrogens with one attached hydrogen (secondary N) is 1. The van der Waals surface area contributed by atoms with Crippen molar-refractivity contribution in [2.45, 2.75) is 19.8 Å². The number of amides is 1. The second-order valence-corrected chi connectivity index (χ2v) is 8.21. The number of benzene rings is 2. The number of ether oxygens (including phenoxy) is 3. The first kappa shape index (κ1) is 21.7. The lowest BCUT2D eigenvalue weighted by Crippen LogP contribution is -2.23. The SMILES string of the molecule is COC(=O)C(=O)Nc1cc(I)c(Oc2ccc(C(C)C)cc2OC)c(I)c1. The molecule has 0 aliphatic rings. The molecular weight excluding hydrogens is 576 g/mol. The first-order valence-corrected chi connectivity index (χ1v) is 10.2. The van der Waals surface area contributed by atoms with Gasteiger partial charge in [-0.1, -0.05) is 19.9 Å². The van der Waals surface area contributed by atoms with Gasteiger partial charge in [0.15, 0.2) is 17.2 Å². The number of carbonyl (C=O) groups is 2. The van der Waals surface area contributed by atoms with Crippen molar-refractivity contribution in [2.24, 2.45) is 0 Å². The van der Waals surface area contributed by atoms with Crippen LogP contribution in [-0.4, -0.2) is 26.1 Å². The molecule has 0 spiro atoms.